The quantitative estimate of drug-likeness (QED) is 0.520. The second-order valence-corrected chi connectivity index (χ2v) is 8.33. The van der Waals surface area contributed by atoms with Gasteiger partial charge in [0.1, 0.15) is 0 Å². The number of benzene rings is 1. The van der Waals surface area contributed by atoms with Crippen molar-refractivity contribution in [1.29, 1.82) is 0 Å². The number of carbonyl (C=O) groups excluding carboxylic acids is 2. The zero-order valence-corrected chi connectivity index (χ0v) is 18.9. The van der Waals surface area contributed by atoms with E-state index in [-0.39, 0.29) is 5.91 Å². The monoisotopic (exact) mass is 482 g/mol. The summed E-state index contributed by atoms with van der Waals surface area (Å²) in [6, 6.07) is 14.7. The summed E-state index contributed by atoms with van der Waals surface area (Å²) in [6.07, 6.45) is 3.65. The number of pyridine rings is 1. The summed E-state index contributed by atoms with van der Waals surface area (Å²) in [5.41, 5.74) is 7.11. The molecule has 1 fully saturated rings. The zero-order chi connectivity index (χ0) is 24.8. The molecule has 2 aromatic heterocycles. The minimum Gasteiger partial charge on any atom is -0.372 e. The Morgan fingerprint density at radius 2 is 1.71 bits per heavy atom. The van der Waals surface area contributed by atoms with Crippen LogP contribution in [0.3, 0.4) is 0 Å². The standard InChI is InChI=1S/C24H24N4O.C2HF3O/c29-24-21-16-23(27-22(21)10-12-26-24)18-9-11-25-19(15-18)6-3-17-4-7-20(8-5-17)28-13-1-2-14-28;3-2(4,5)1-6/h3-9,11,15-16,27H,1-2,10,12-14H2,(H,26,29);1H/b6-3+;. The van der Waals surface area contributed by atoms with Gasteiger partial charge in [0.05, 0.1) is 11.3 Å². The number of aldehydes is 1. The molecule has 6 nitrogen and oxygen atoms in total. The molecule has 0 spiro atoms. The van der Waals surface area contributed by atoms with E-state index in [0.717, 1.165) is 53.3 Å². The molecule has 0 radical (unpaired) electrons. The van der Waals surface area contributed by atoms with E-state index in [1.807, 2.05) is 30.5 Å². The van der Waals surface area contributed by atoms with Crippen LogP contribution < -0.4 is 10.2 Å². The highest BCUT2D eigenvalue weighted by Gasteiger charge is 2.25. The number of carbonyl (C=O) groups is 2. The van der Waals surface area contributed by atoms with E-state index < -0.39 is 12.5 Å². The minimum atomic E-state index is -4.64. The number of alkyl halides is 3. The van der Waals surface area contributed by atoms with E-state index in [1.54, 1.807) is 0 Å². The van der Waals surface area contributed by atoms with Gasteiger partial charge in [0, 0.05) is 54.9 Å². The molecule has 0 saturated carbocycles. The van der Waals surface area contributed by atoms with Crippen LogP contribution in [-0.4, -0.2) is 48.0 Å². The van der Waals surface area contributed by atoms with Gasteiger partial charge in [-0.3, -0.25) is 14.6 Å². The zero-order valence-electron chi connectivity index (χ0n) is 18.9. The highest BCUT2D eigenvalue weighted by molar-refractivity contribution is 5.97. The predicted octanol–water partition coefficient (Wildman–Crippen LogP) is 4.88. The van der Waals surface area contributed by atoms with Crippen molar-refractivity contribution in [3.63, 3.8) is 0 Å². The van der Waals surface area contributed by atoms with Crippen molar-refractivity contribution in [2.45, 2.75) is 25.4 Å². The van der Waals surface area contributed by atoms with Crippen LogP contribution in [0.2, 0.25) is 0 Å². The molecule has 182 valence electrons. The predicted molar refractivity (Wildman–Crippen MR) is 129 cm³/mol. The topological polar surface area (TPSA) is 78.1 Å². The summed E-state index contributed by atoms with van der Waals surface area (Å²) >= 11 is 0. The van der Waals surface area contributed by atoms with Crippen molar-refractivity contribution >= 4 is 30.0 Å². The van der Waals surface area contributed by atoms with Gasteiger partial charge >= 0.3 is 6.18 Å². The highest BCUT2D eigenvalue weighted by atomic mass is 19.4. The van der Waals surface area contributed by atoms with E-state index >= 15 is 0 Å². The molecule has 0 aliphatic carbocycles. The molecule has 1 aromatic carbocycles. The van der Waals surface area contributed by atoms with Crippen LogP contribution in [0.5, 0.6) is 0 Å². The first-order valence-electron chi connectivity index (χ1n) is 11.3. The number of aromatic amines is 1. The van der Waals surface area contributed by atoms with E-state index in [1.165, 1.54) is 18.5 Å². The minimum absolute atomic E-state index is 0.000280. The van der Waals surface area contributed by atoms with Gasteiger partial charge in [0.2, 0.25) is 6.29 Å². The molecule has 0 unspecified atom stereocenters. The Bertz CT molecular complexity index is 1210. The molecule has 1 saturated heterocycles. The molecule has 35 heavy (non-hydrogen) atoms. The number of hydrogen-bond acceptors (Lipinski definition) is 4. The van der Waals surface area contributed by atoms with E-state index in [2.05, 4.69) is 50.5 Å². The second kappa shape index (κ2) is 10.6. The number of amides is 1. The van der Waals surface area contributed by atoms with Crippen LogP contribution in [0.15, 0.2) is 48.7 Å². The average molecular weight is 483 g/mol. The Labute approximate surface area is 200 Å². The maximum absolute atomic E-state index is 12.0. The van der Waals surface area contributed by atoms with Crippen LogP contribution in [0.25, 0.3) is 23.4 Å². The van der Waals surface area contributed by atoms with Crippen LogP contribution in [0, 0.1) is 0 Å². The Kier molecular flexibility index (Phi) is 7.33. The lowest BCUT2D eigenvalue weighted by atomic mass is 10.1. The van der Waals surface area contributed by atoms with E-state index in [0.29, 0.717) is 6.54 Å². The van der Waals surface area contributed by atoms with E-state index in [9.17, 15) is 18.0 Å². The van der Waals surface area contributed by atoms with Crippen LogP contribution in [0.1, 0.15) is 40.2 Å². The second-order valence-electron chi connectivity index (χ2n) is 8.33. The highest BCUT2D eigenvalue weighted by Crippen LogP contribution is 2.25. The molecule has 5 rings (SSSR count). The van der Waals surface area contributed by atoms with Crippen LogP contribution >= 0.6 is 0 Å². The summed E-state index contributed by atoms with van der Waals surface area (Å²) < 4.78 is 31.2. The summed E-state index contributed by atoms with van der Waals surface area (Å²) in [4.78, 5) is 31.0. The largest absolute Gasteiger partial charge is 0.446 e. The maximum atomic E-state index is 12.0. The van der Waals surface area contributed by atoms with Crippen molar-refractivity contribution in [1.82, 2.24) is 15.3 Å². The van der Waals surface area contributed by atoms with Crippen molar-refractivity contribution in [3.8, 4) is 11.3 Å². The third-order valence-corrected chi connectivity index (χ3v) is 5.84. The lowest BCUT2D eigenvalue weighted by Gasteiger charge is -2.17. The number of hydrogen-bond donors (Lipinski definition) is 2. The Morgan fingerprint density at radius 3 is 2.37 bits per heavy atom. The number of H-pyrrole nitrogens is 1. The Balaban J connectivity index is 0.000000431. The molecule has 1 amide bonds. The number of fused-ring (bicyclic) bond motifs is 1. The Hall–Kier alpha value is -3.88. The number of aromatic nitrogens is 2. The van der Waals surface area contributed by atoms with Gasteiger partial charge in [0.25, 0.3) is 5.91 Å². The number of nitrogens with one attached hydrogen (secondary N) is 2. The molecule has 2 aliphatic heterocycles. The fourth-order valence-electron chi connectivity index (χ4n) is 4.11. The van der Waals surface area contributed by atoms with Gasteiger partial charge in [-0.25, -0.2) is 0 Å². The molecule has 9 heteroatoms. The van der Waals surface area contributed by atoms with E-state index in [4.69, 9.17) is 4.79 Å². The SMILES string of the molecule is O=C1NCCc2[nH]c(-c3ccnc(/C=C/c4ccc(N5CCCC5)cc4)c3)cc21.O=CC(F)(F)F. The molecule has 0 bridgehead atoms. The summed E-state index contributed by atoms with van der Waals surface area (Å²) in [5, 5.41) is 2.89. The van der Waals surface area contributed by atoms with Gasteiger partial charge in [-0.2, -0.15) is 13.2 Å². The molecule has 4 heterocycles. The van der Waals surface area contributed by atoms with Crippen LogP contribution in [-0.2, 0) is 11.2 Å². The first-order valence-corrected chi connectivity index (χ1v) is 11.3. The van der Waals surface area contributed by atoms with Crippen molar-refractivity contribution in [2.75, 3.05) is 24.5 Å². The smallest absolute Gasteiger partial charge is 0.372 e. The lowest BCUT2D eigenvalue weighted by molar-refractivity contribution is -0.156. The molecule has 2 aliphatic rings. The van der Waals surface area contributed by atoms with Gasteiger partial charge < -0.3 is 15.2 Å². The Morgan fingerprint density at radius 1 is 1.00 bits per heavy atom. The molecular weight excluding hydrogens is 457 g/mol. The fourth-order valence-corrected chi connectivity index (χ4v) is 4.11. The van der Waals surface area contributed by atoms with Crippen molar-refractivity contribution in [3.05, 3.63) is 71.2 Å². The lowest BCUT2D eigenvalue weighted by Crippen LogP contribution is -2.31. The number of nitrogens with zero attached hydrogens (tertiary/aromatic N) is 2. The third kappa shape index (κ3) is 6.38. The van der Waals surface area contributed by atoms with Gasteiger partial charge in [-0.15, -0.1) is 0 Å². The summed E-state index contributed by atoms with van der Waals surface area (Å²) in [5.74, 6) is 0.000280. The van der Waals surface area contributed by atoms with Gasteiger partial charge in [-0.05, 0) is 54.8 Å². The number of halogens is 3. The van der Waals surface area contributed by atoms with Crippen LogP contribution in [0.4, 0.5) is 18.9 Å². The first kappa shape index (κ1) is 24.3. The summed E-state index contributed by atoms with van der Waals surface area (Å²) in [6.45, 7) is 3.01. The van der Waals surface area contributed by atoms with Crippen molar-refractivity contribution in [2.24, 2.45) is 0 Å². The third-order valence-electron chi connectivity index (χ3n) is 5.84. The fraction of sp³-hybridized carbons (Fsp3) is 0.269. The van der Waals surface area contributed by atoms with Gasteiger partial charge in [-0.1, -0.05) is 18.2 Å². The average Bonchev–Trinajstić information content (AvgIpc) is 3.55. The number of anilines is 1. The number of rotatable bonds is 4. The van der Waals surface area contributed by atoms with Gasteiger partial charge in [0.15, 0.2) is 0 Å². The normalized spacial score (nSPS) is 15.4. The molecular formula is C26H25F3N4O2. The molecule has 2 N–H and O–H groups in total. The molecule has 3 aromatic rings. The van der Waals surface area contributed by atoms with Crippen molar-refractivity contribution < 1.29 is 22.8 Å². The summed E-state index contributed by atoms with van der Waals surface area (Å²) in [7, 11) is 0. The molecule has 0 atom stereocenters. The first-order chi connectivity index (χ1) is 16.8. The maximum Gasteiger partial charge on any atom is 0.446 e.